The van der Waals surface area contributed by atoms with Crippen molar-refractivity contribution in [1.82, 2.24) is 9.62 Å². The number of hydrogen-bond acceptors (Lipinski definition) is 5. The summed E-state index contributed by atoms with van der Waals surface area (Å²) in [4.78, 5) is 24.4. The van der Waals surface area contributed by atoms with Gasteiger partial charge in [-0.05, 0) is 42.7 Å². The van der Waals surface area contributed by atoms with Gasteiger partial charge in [-0.1, -0.05) is 49.6 Å². The van der Waals surface area contributed by atoms with E-state index in [1.54, 1.807) is 0 Å². The molecule has 0 radical (unpaired) electrons. The van der Waals surface area contributed by atoms with Gasteiger partial charge in [-0.2, -0.15) is 4.31 Å². The van der Waals surface area contributed by atoms with Crippen molar-refractivity contribution in [2.75, 3.05) is 13.7 Å². The molecule has 0 unspecified atom stereocenters. The van der Waals surface area contributed by atoms with Crippen LogP contribution in [0.25, 0.3) is 0 Å². The van der Waals surface area contributed by atoms with Crippen LogP contribution in [0.2, 0.25) is 0 Å². The molecule has 0 spiro atoms. The fourth-order valence-corrected chi connectivity index (χ4v) is 5.43. The summed E-state index contributed by atoms with van der Waals surface area (Å²) in [5.74, 6) is -0.877. The lowest BCUT2D eigenvalue weighted by molar-refractivity contribution is -0.121. The molecule has 2 aromatic carbocycles. The average Bonchev–Trinajstić information content (AvgIpc) is 2.82. The first-order valence-corrected chi connectivity index (χ1v) is 11.9. The molecule has 2 aromatic rings. The van der Waals surface area contributed by atoms with Gasteiger partial charge in [0.05, 0.1) is 24.1 Å². The molecule has 0 atom stereocenters. The van der Waals surface area contributed by atoms with Gasteiger partial charge in [-0.25, -0.2) is 13.2 Å². The lowest BCUT2D eigenvalue weighted by Gasteiger charge is -2.33. The SMILES string of the molecule is COC(=O)c1ccc(S(=O)(=O)N(CC(=O)NCc2ccccc2)C2CCCCC2)cc1. The van der Waals surface area contributed by atoms with E-state index in [-0.39, 0.29) is 29.0 Å². The number of amides is 1. The van der Waals surface area contributed by atoms with E-state index in [2.05, 4.69) is 10.1 Å². The van der Waals surface area contributed by atoms with Gasteiger partial charge in [0.15, 0.2) is 0 Å². The molecule has 0 aliphatic heterocycles. The largest absolute Gasteiger partial charge is 0.465 e. The topological polar surface area (TPSA) is 92.8 Å². The van der Waals surface area contributed by atoms with Crippen molar-refractivity contribution >= 4 is 21.9 Å². The second-order valence-corrected chi connectivity index (χ2v) is 9.51. The van der Waals surface area contributed by atoms with Crippen molar-refractivity contribution in [2.45, 2.75) is 49.6 Å². The number of ether oxygens (including phenoxy) is 1. The number of carbonyl (C=O) groups is 2. The number of methoxy groups -OCH3 is 1. The highest BCUT2D eigenvalue weighted by Gasteiger charge is 2.34. The standard InChI is InChI=1S/C23H28N2O5S/c1-30-23(27)19-12-14-21(15-13-19)31(28,29)25(20-10-6-3-7-11-20)17-22(26)24-16-18-8-4-2-5-9-18/h2,4-5,8-9,12-15,20H,3,6-7,10-11,16-17H2,1H3,(H,24,26). The number of sulfonamides is 1. The average molecular weight is 445 g/mol. The maximum Gasteiger partial charge on any atom is 0.337 e. The van der Waals surface area contributed by atoms with Crippen LogP contribution in [0.3, 0.4) is 0 Å². The first-order valence-electron chi connectivity index (χ1n) is 10.4. The number of nitrogens with one attached hydrogen (secondary N) is 1. The number of carbonyl (C=O) groups excluding carboxylic acids is 2. The minimum atomic E-state index is -3.91. The highest BCUT2D eigenvalue weighted by atomic mass is 32.2. The van der Waals surface area contributed by atoms with Crippen molar-refractivity contribution in [1.29, 1.82) is 0 Å². The summed E-state index contributed by atoms with van der Waals surface area (Å²) < 4.78 is 32.8. The summed E-state index contributed by atoms with van der Waals surface area (Å²) in [5.41, 5.74) is 1.22. The predicted molar refractivity (Wildman–Crippen MR) is 117 cm³/mol. The van der Waals surface area contributed by atoms with Crippen LogP contribution in [0.15, 0.2) is 59.5 Å². The van der Waals surface area contributed by atoms with E-state index >= 15 is 0 Å². The summed E-state index contributed by atoms with van der Waals surface area (Å²) in [6, 6.07) is 14.9. The zero-order valence-corrected chi connectivity index (χ0v) is 18.4. The van der Waals surface area contributed by atoms with Gasteiger partial charge < -0.3 is 10.1 Å². The molecular formula is C23H28N2O5S. The second kappa shape index (κ2) is 10.5. The van der Waals surface area contributed by atoms with Crippen molar-refractivity contribution in [3.8, 4) is 0 Å². The smallest absolute Gasteiger partial charge is 0.337 e. The van der Waals surface area contributed by atoms with Crippen molar-refractivity contribution in [3.05, 3.63) is 65.7 Å². The Kier molecular flexibility index (Phi) is 7.81. The van der Waals surface area contributed by atoms with Crippen LogP contribution in [0.1, 0.15) is 48.0 Å². The molecule has 31 heavy (non-hydrogen) atoms. The van der Waals surface area contributed by atoms with Gasteiger partial charge in [-0.15, -0.1) is 0 Å². The third-order valence-corrected chi connectivity index (χ3v) is 7.41. The van der Waals surface area contributed by atoms with E-state index in [0.29, 0.717) is 6.54 Å². The molecule has 1 amide bonds. The molecule has 0 aromatic heterocycles. The fraction of sp³-hybridized carbons (Fsp3) is 0.391. The Morgan fingerprint density at radius 1 is 1.00 bits per heavy atom. The maximum atomic E-state index is 13.4. The number of nitrogens with zero attached hydrogens (tertiary/aromatic N) is 1. The molecule has 1 fully saturated rings. The number of benzene rings is 2. The minimum Gasteiger partial charge on any atom is -0.465 e. The molecule has 1 aliphatic rings. The van der Waals surface area contributed by atoms with E-state index < -0.39 is 16.0 Å². The molecule has 1 N–H and O–H groups in total. The van der Waals surface area contributed by atoms with Gasteiger partial charge >= 0.3 is 5.97 Å². The lowest BCUT2D eigenvalue weighted by atomic mass is 9.95. The lowest BCUT2D eigenvalue weighted by Crippen LogP contribution is -2.46. The Bertz CT molecular complexity index is 984. The van der Waals surface area contributed by atoms with Crippen molar-refractivity contribution in [3.63, 3.8) is 0 Å². The molecule has 1 saturated carbocycles. The van der Waals surface area contributed by atoms with E-state index in [0.717, 1.165) is 37.7 Å². The Morgan fingerprint density at radius 3 is 2.26 bits per heavy atom. The van der Waals surface area contributed by atoms with E-state index in [9.17, 15) is 18.0 Å². The number of hydrogen-bond donors (Lipinski definition) is 1. The molecule has 166 valence electrons. The summed E-state index contributed by atoms with van der Waals surface area (Å²) in [6.45, 7) is 0.102. The van der Waals surface area contributed by atoms with Crippen LogP contribution < -0.4 is 5.32 Å². The van der Waals surface area contributed by atoms with Crippen LogP contribution in [0.5, 0.6) is 0 Å². The summed E-state index contributed by atoms with van der Waals surface area (Å²) in [6.07, 6.45) is 4.39. The van der Waals surface area contributed by atoms with Crippen LogP contribution in [0.4, 0.5) is 0 Å². The highest BCUT2D eigenvalue weighted by Crippen LogP contribution is 2.28. The monoisotopic (exact) mass is 444 g/mol. The molecule has 1 aliphatic carbocycles. The third-order valence-electron chi connectivity index (χ3n) is 5.50. The summed E-state index contributed by atoms with van der Waals surface area (Å²) in [5, 5.41) is 2.82. The van der Waals surface area contributed by atoms with Crippen LogP contribution in [-0.4, -0.2) is 44.3 Å². The van der Waals surface area contributed by atoms with Gasteiger partial charge in [-0.3, -0.25) is 4.79 Å². The van der Waals surface area contributed by atoms with Crippen LogP contribution >= 0.6 is 0 Å². The predicted octanol–water partition coefficient (Wildman–Crippen LogP) is 3.11. The first kappa shape index (κ1) is 23.0. The van der Waals surface area contributed by atoms with Crippen LogP contribution in [0, 0.1) is 0 Å². The molecule has 8 heteroatoms. The summed E-state index contributed by atoms with van der Waals surface area (Å²) >= 11 is 0. The zero-order valence-electron chi connectivity index (χ0n) is 17.6. The Balaban J connectivity index is 1.78. The number of esters is 1. The van der Waals surface area contributed by atoms with Gasteiger partial charge in [0.1, 0.15) is 0 Å². The van der Waals surface area contributed by atoms with E-state index in [4.69, 9.17) is 0 Å². The molecule has 3 rings (SSSR count). The molecule has 0 bridgehead atoms. The van der Waals surface area contributed by atoms with Crippen molar-refractivity contribution in [2.24, 2.45) is 0 Å². The summed E-state index contributed by atoms with van der Waals surface area (Å²) in [7, 11) is -2.64. The van der Waals surface area contributed by atoms with Gasteiger partial charge in [0, 0.05) is 12.6 Å². The Labute approximate surface area is 183 Å². The second-order valence-electron chi connectivity index (χ2n) is 7.62. The van der Waals surface area contributed by atoms with E-state index in [1.165, 1.54) is 35.7 Å². The Hall–Kier alpha value is -2.71. The van der Waals surface area contributed by atoms with E-state index in [1.807, 2.05) is 30.3 Å². The quantitative estimate of drug-likeness (QED) is 0.632. The fourth-order valence-electron chi connectivity index (χ4n) is 3.79. The molecule has 0 heterocycles. The van der Waals surface area contributed by atoms with Gasteiger partial charge in [0.2, 0.25) is 15.9 Å². The molecular weight excluding hydrogens is 416 g/mol. The first-order chi connectivity index (χ1) is 14.9. The van der Waals surface area contributed by atoms with Gasteiger partial charge in [0.25, 0.3) is 0 Å². The Morgan fingerprint density at radius 2 is 1.65 bits per heavy atom. The maximum absolute atomic E-state index is 13.4. The van der Waals surface area contributed by atoms with Crippen LogP contribution in [-0.2, 0) is 26.1 Å². The number of rotatable bonds is 8. The normalized spacial score (nSPS) is 14.9. The van der Waals surface area contributed by atoms with Crippen molar-refractivity contribution < 1.29 is 22.7 Å². The molecule has 0 saturated heterocycles. The highest BCUT2D eigenvalue weighted by molar-refractivity contribution is 7.89. The molecule has 7 nitrogen and oxygen atoms in total. The zero-order chi connectivity index (χ0) is 22.3. The third kappa shape index (κ3) is 5.92. The minimum absolute atomic E-state index is 0.0570.